The number of nitrogens with zero attached hydrogens (tertiary/aromatic N) is 2. The van der Waals surface area contributed by atoms with Crippen molar-refractivity contribution in [3.8, 4) is 0 Å². The molecule has 4 rings (SSSR count). The van der Waals surface area contributed by atoms with Crippen LogP contribution in [0, 0.1) is 11.6 Å². The van der Waals surface area contributed by atoms with Gasteiger partial charge in [-0.15, -0.1) is 11.3 Å². The highest BCUT2D eigenvalue weighted by Crippen LogP contribution is 2.21. The zero-order chi connectivity index (χ0) is 20.2. The van der Waals surface area contributed by atoms with Crippen LogP contribution in [0.25, 0.3) is 0 Å². The second-order valence-electron chi connectivity index (χ2n) is 6.77. The predicted molar refractivity (Wildman–Crippen MR) is 108 cm³/mol. The molecule has 1 aromatic heterocycles. The van der Waals surface area contributed by atoms with Gasteiger partial charge in [-0.05, 0) is 46.8 Å². The molecule has 1 unspecified atom stereocenters. The van der Waals surface area contributed by atoms with E-state index < -0.39 is 0 Å². The van der Waals surface area contributed by atoms with Crippen LogP contribution in [-0.4, -0.2) is 29.2 Å². The zero-order valence-corrected chi connectivity index (χ0v) is 16.2. The lowest BCUT2D eigenvalue weighted by atomic mass is 10.0. The Bertz CT molecular complexity index is 1020. The van der Waals surface area contributed by atoms with Crippen molar-refractivity contribution in [2.45, 2.75) is 19.1 Å². The molecule has 0 saturated carbocycles. The minimum atomic E-state index is -0.343. The van der Waals surface area contributed by atoms with Crippen LogP contribution in [0.15, 0.2) is 71.2 Å². The van der Waals surface area contributed by atoms with E-state index in [4.69, 9.17) is 4.84 Å². The van der Waals surface area contributed by atoms with Crippen LogP contribution in [-0.2, 0) is 11.4 Å². The topological polar surface area (TPSA) is 41.9 Å². The second kappa shape index (κ2) is 8.53. The van der Waals surface area contributed by atoms with Crippen LogP contribution in [0.2, 0.25) is 0 Å². The smallest absolute Gasteiger partial charge is 0.264 e. The quantitative estimate of drug-likeness (QED) is 0.580. The van der Waals surface area contributed by atoms with Gasteiger partial charge in [-0.25, -0.2) is 8.78 Å². The molecule has 0 bridgehead atoms. The van der Waals surface area contributed by atoms with Crippen LogP contribution in [0.5, 0.6) is 0 Å². The number of hydrogen-bond donors (Lipinski definition) is 0. The number of hydrogen-bond acceptors (Lipinski definition) is 4. The summed E-state index contributed by atoms with van der Waals surface area (Å²) >= 11 is 1.36. The largest absolute Gasteiger partial charge is 0.390 e. The lowest BCUT2D eigenvalue weighted by Gasteiger charge is -2.24. The van der Waals surface area contributed by atoms with Gasteiger partial charge in [0.15, 0.2) is 6.10 Å². The molecule has 0 aliphatic carbocycles. The van der Waals surface area contributed by atoms with Gasteiger partial charge in [-0.1, -0.05) is 35.5 Å². The highest BCUT2D eigenvalue weighted by Gasteiger charge is 2.27. The number of amides is 1. The van der Waals surface area contributed by atoms with E-state index in [2.05, 4.69) is 5.16 Å². The first-order chi connectivity index (χ1) is 14.1. The van der Waals surface area contributed by atoms with E-state index in [0.717, 1.165) is 5.56 Å². The summed E-state index contributed by atoms with van der Waals surface area (Å²) in [4.78, 5) is 20.8. The summed E-state index contributed by atoms with van der Waals surface area (Å²) < 4.78 is 26.7. The van der Waals surface area contributed by atoms with E-state index in [0.29, 0.717) is 29.1 Å². The summed E-state index contributed by atoms with van der Waals surface area (Å²) in [7, 11) is 0. The first kappa shape index (κ1) is 19.3. The molecular weight excluding hydrogens is 394 g/mol. The fourth-order valence-electron chi connectivity index (χ4n) is 3.22. The molecule has 1 atom stereocenters. The van der Waals surface area contributed by atoms with Gasteiger partial charge in [-0.3, -0.25) is 4.79 Å². The third-order valence-corrected chi connectivity index (χ3v) is 5.47. The molecule has 0 spiro atoms. The Balaban J connectivity index is 1.48. The van der Waals surface area contributed by atoms with E-state index in [1.54, 1.807) is 35.2 Å². The molecule has 2 aromatic carbocycles. The van der Waals surface area contributed by atoms with Gasteiger partial charge >= 0.3 is 0 Å². The van der Waals surface area contributed by atoms with Crippen molar-refractivity contribution in [2.75, 3.05) is 6.54 Å². The fraction of sp³-hybridized carbons (Fsp3) is 0.182. The van der Waals surface area contributed by atoms with Gasteiger partial charge in [0.25, 0.3) is 5.91 Å². The number of carbonyl (C=O) groups excluding carboxylic acids is 1. The summed E-state index contributed by atoms with van der Waals surface area (Å²) in [6.45, 7) is 0.571. The summed E-state index contributed by atoms with van der Waals surface area (Å²) in [6.07, 6.45) is 0.177. The number of carbonyl (C=O) groups is 1. The number of oxime groups is 1. The van der Waals surface area contributed by atoms with Gasteiger partial charge < -0.3 is 9.74 Å². The van der Waals surface area contributed by atoms with Gasteiger partial charge in [0, 0.05) is 13.0 Å². The van der Waals surface area contributed by atoms with E-state index in [9.17, 15) is 13.6 Å². The van der Waals surface area contributed by atoms with Crippen molar-refractivity contribution < 1.29 is 18.4 Å². The van der Waals surface area contributed by atoms with Crippen LogP contribution >= 0.6 is 11.3 Å². The molecular formula is C22H18F2N2O2S. The van der Waals surface area contributed by atoms with Crippen LogP contribution in [0.4, 0.5) is 8.78 Å². The Morgan fingerprint density at radius 3 is 2.66 bits per heavy atom. The molecule has 2 heterocycles. The summed E-state index contributed by atoms with van der Waals surface area (Å²) in [5.74, 6) is -0.791. The third-order valence-electron chi connectivity index (χ3n) is 4.62. The minimum absolute atomic E-state index is 0.136. The molecule has 29 heavy (non-hydrogen) atoms. The Morgan fingerprint density at radius 2 is 1.93 bits per heavy atom. The average molecular weight is 412 g/mol. The maximum atomic E-state index is 13.6. The van der Waals surface area contributed by atoms with E-state index in [1.165, 1.54) is 35.6 Å². The number of halogens is 2. The minimum Gasteiger partial charge on any atom is -0.390 e. The maximum absolute atomic E-state index is 13.6. The van der Waals surface area contributed by atoms with E-state index >= 15 is 0 Å². The average Bonchev–Trinajstić information content (AvgIpc) is 3.40. The fourth-order valence-corrected chi connectivity index (χ4v) is 3.91. The first-order valence-electron chi connectivity index (χ1n) is 9.14. The van der Waals surface area contributed by atoms with Gasteiger partial charge in [0.1, 0.15) is 11.6 Å². The summed E-state index contributed by atoms with van der Waals surface area (Å²) in [5, 5.41) is 5.95. The van der Waals surface area contributed by atoms with Crippen LogP contribution < -0.4 is 0 Å². The predicted octanol–water partition coefficient (Wildman–Crippen LogP) is 4.86. The van der Waals surface area contributed by atoms with Crippen molar-refractivity contribution in [2.24, 2.45) is 5.16 Å². The molecule has 1 aliphatic rings. The first-order valence-corrected chi connectivity index (χ1v) is 10.0. The highest BCUT2D eigenvalue weighted by molar-refractivity contribution is 7.12. The number of thiophene rings is 1. The SMILES string of the molecule is O=C(c1cccs1)N(Cc1cccc(F)c1)CC1CC(c2ccc(F)cc2)=NO1. The van der Waals surface area contributed by atoms with Gasteiger partial charge in [-0.2, -0.15) is 0 Å². The Labute approximate surface area is 171 Å². The molecule has 0 saturated heterocycles. The summed E-state index contributed by atoms with van der Waals surface area (Å²) in [6, 6.07) is 15.9. The van der Waals surface area contributed by atoms with Crippen molar-refractivity contribution in [1.29, 1.82) is 0 Å². The Kier molecular flexibility index (Phi) is 5.67. The standard InChI is InChI=1S/C22H18F2N2O2S/c23-17-8-6-16(7-9-17)20-12-19(28-25-20)14-26(22(27)21-5-2-10-29-21)13-15-3-1-4-18(24)11-15/h1-11,19H,12-14H2. The summed E-state index contributed by atoms with van der Waals surface area (Å²) in [5.41, 5.74) is 2.20. The van der Waals surface area contributed by atoms with Crippen molar-refractivity contribution >= 4 is 23.0 Å². The normalized spacial score (nSPS) is 15.7. The third kappa shape index (κ3) is 4.68. The molecule has 3 aromatic rings. The van der Waals surface area contributed by atoms with Crippen molar-refractivity contribution in [3.05, 3.63) is 93.7 Å². The van der Waals surface area contributed by atoms with Gasteiger partial charge in [0.2, 0.25) is 0 Å². The zero-order valence-electron chi connectivity index (χ0n) is 15.4. The van der Waals surface area contributed by atoms with Crippen LogP contribution in [0.3, 0.4) is 0 Å². The van der Waals surface area contributed by atoms with E-state index in [1.807, 2.05) is 11.4 Å². The van der Waals surface area contributed by atoms with E-state index in [-0.39, 0.29) is 30.2 Å². The highest BCUT2D eigenvalue weighted by atomic mass is 32.1. The van der Waals surface area contributed by atoms with Crippen molar-refractivity contribution in [1.82, 2.24) is 4.90 Å². The Morgan fingerprint density at radius 1 is 1.10 bits per heavy atom. The molecule has 148 valence electrons. The molecule has 0 radical (unpaired) electrons. The lowest BCUT2D eigenvalue weighted by molar-refractivity contribution is 0.0408. The molecule has 1 amide bonds. The molecule has 1 aliphatic heterocycles. The van der Waals surface area contributed by atoms with Crippen LogP contribution in [0.1, 0.15) is 27.2 Å². The number of rotatable bonds is 6. The number of benzene rings is 2. The van der Waals surface area contributed by atoms with Gasteiger partial charge in [0.05, 0.1) is 17.1 Å². The monoisotopic (exact) mass is 412 g/mol. The molecule has 7 heteroatoms. The second-order valence-corrected chi connectivity index (χ2v) is 7.72. The maximum Gasteiger partial charge on any atom is 0.264 e. The lowest BCUT2D eigenvalue weighted by Crippen LogP contribution is -2.37. The molecule has 4 nitrogen and oxygen atoms in total. The van der Waals surface area contributed by atoms with Crippen molar-refractivity contribution in [3.63, 3.8) is 0 Å². The Hall–Kier alpha value is -3.06. The molecule has 0 fully saturated rings. The molecule has 0 N–H and O–H groups in total.